The normalized spacial score (nSPS) is 16.8. The molecule has 0 saturated heterocycles. The van der Waals surface area contributed by atoms with Crippen molar-refractivity contribution in [3.05, 3.63) is 29.8 Å². The zero-order chi connectivity index (χ0) is 20.6. The molecule has 1 aliphatic rings. The Morgan fingerprint density at radius 2 is 2.04 bits per heavy atom. The van der Waals surface area contributed by atoms with E-state index in [1.54, 1.807) is 14.1 Å². The summed E-state index contributed by atoms with van der Waals surface area (Å²) in [6, 6.07) is 7.60. The molecule has 0 fully saturated rings. The summed E-state index contributed by atoms with van der Waals surface area (Å²) < 4.78 is 42.4. The van der Waals surface area contributed by atoms with E-state index in [-0.39, 0.29) is 24.9 Å². The first-order chi connectivity index (χ1) is 13.3. The number of nitrogens with zero attached hydrogens (tertiary/aromatic N) is 2. The number of guanidine groups is 1. The summed E-state index contributed by atoms with van der Waals surface area (Å²) in [5.74, 6) is 1.04. The second kappa shape index (κ2) is 10.2. The van der Waals surface area contributed by atoms with Crippen molar-refractivity contribution in [1.82, 2.24) is 15.5 Å². The van der Waals surface area contributed by atoms with Gasteiger partial charge in [0.15, 0.2) is 5.96 Å². The average molecular weight is 400 g/mol. The van der Waals surface area contributed by atoms with Gasteiger partial charge in [-0.05, 0) is 18.9 Å². The molecule has 6 nitrogen and oxygen atoms in total. The number of likely N-dealkylation sites (N-methyl/N-ethyl adjacent to an activating group) is 1. The number of hydrogen-bond acceptors (Lipinski definition) is 3. The van der Waals surface area contributed by atoms with E-state index in [2.05, 4.69) is 15.6 Å². The number of ether oxygens (including phenoxy) is 1. The Bertz CT molecular complexity index is 677. The van der Waals surface area contributed by atoms with Crippen LogP contribution in [0.1, 0.15) is 37.3 Å². The van der Waals surface area contributed by atoms with Gasteiger partial charge >= 0.3 is 6.18 Å². The number of hydrogen-bond donors (Lipinski definition) is 2. The second-order valence-corrected chi connectivity index (χ2v) is 6.82. The first kappa shape index (κ1) is 21.8. The molecular formula is C19H27F3N4O2. The Labute approximate surface area is 163 Å². The number of fused-ring (bicyclic) bond motifs is 1. The molecule has 1 aromatic carbocycles. The van der Waals surface area contributed by atoms with Gasteiger partial charge in [-0.2, -0.15) is 13.2 Å². The molecule has 0 aromatic heterocycles. The van der Waals surface area contributed by atoms with E-state index in [1.807, 2.05) is 24.3 Å². The number of rotatable bonds is 7. The third-order valence-corrected chi connectivity index (χ3v) is 4.32. The van der Waals surface area contributed by atoms with E-state index >= 15 is 0 Å². The van der Waals surface area contributed by atoms with Crippen LogP contribution in [0.25, 0.3) is 0 Å². The third-order valence-electron chi connectivity index (χ3n) is 4.32. The van der Waals surface area contributed by atoms with Crippen LogP contribution in [0, 0.1) is 0 Å². The zero-order valence-electron chi connectivity index (χ0n) is 16.2. The van der Waals surface area contributed by atoms with Crippen LogP contribution in [-0.4, -0.2) is 56.7 Å². The van der Waals surface area contributed by atoms with E-state index in [0.717, 1.165) is 11.3 Å². The van der Waals surface area contributed by atoms with Crippen molar-refractivity contribution < 1.29 is 22.7 Å². The van der Waals surface area contributed by atoms with Crippen LogP contribution >= 0.6 is 0 Å². The molecule has 0 saturated carbocycles. The molecule has 0 spiro atoms. The maximum Gasteiger partial charge on any atom is 0.389 e. The van der Waals surface area contributed by atoms with Gasteiger partial charge in [0.25, 0.3) is 0 Å². The standard InChI is InChI=1S/C19H27F3N4O2/c1-26(2)17(27)13-24-18(23-11-6-5-10-19(20,21)22)25-15-9-12-28-16-8-4-3-7-14(15)16/h3-4,7-8,15H,5-6,9-13H2,1-2H3,(H2,23,24,25). The van der Waals surface area contributed by atoms with Gasteiger partial charge in [0.1, 0.15) is 12.3 Å². The molecule has 0 radical (unpaired) electrons. The van der Waals surface area contributed by atoms with E-state index < -0.39 is 12.6 Å². The highest BCUT2D eigenvalue weighted by Gasteiger charge is 2.26. The van der Waals surface area contributed by atoms with E-state index in [4.69, 9.17) is 4.74 Å². The van der Waals surface area contributed by atoms with Crippen molar-refractivity contribution in [2.75, 3.05) is 33.8 Å². The van der Waals surface area contributed by atoms with Crippen molar-refractivity contribution in [3.63, 3.8) is 0 Å². The minimum absolute atomic E-state index is 0.0422. The highest BCUT2D eigenvalue weighted by Crippen LogP contribution is 2.31. The van der Waals surface area contributed by atoms with Gasteiger partial charge in [0.05, 0.1) is 12.6 Å². The summed E-state index contributed by atoms with van der Waals surface area (Å²) in [6.45, 7) is 0.836. The molecule has 2 N–H and O–H groups in total. The number of nitrogens with one attached hydrogen (secondary N) is 2. The largest absolute Gasteiger partial charge is 0.493 e. The van der Waals surface area contributed by atoms with Gasteiger partial charge in [0, 0.05) is 39.0 Å². The molecule has 156 valence electrons. The predicted octanol–water partition coefficient (Wildman–Crippen LogP) is 2.87. The fourth-order valence-electron chi connectivity index (χ4n) is 2.75. The van der Waals surface area contributed by atoms with Gasteiger partial charge in [-0.25, -0.2) is 4.99 Å². The van der Waals surface area contributed by atoms with Crippen LogP contribution in [0.3, 0.4) is 0 Å². The summed E-state index contributed by atoms with van der Waals surface area (Å²) in [5, 5.41) is 6.32. The highest BCUT2D eigenvalue weighted by molar-refractivity contribution is 5.85. The fourth-order valence-corrected chi connectivity index (χ4v) is 2.75. The van der Waals surface area contributed by atoms with Crippen molar-refractivity contribution in [1.29, 1.82) is 0 Å². The molecule has 1 aliphatic heterocycles. The Morgan fingerprint density at radius 3 is 2.75 bits per heavy atom. The number of alkyl halides is 3. The molecule has 9 heteroatoms. The summed E-state index contributed by atoms with van der Waals surface area (Å²) in [4.78, 5) is 17.6. The molecule has 1 amide bonds. The molecule has 1 unspecified atom stereocenters. The molecule has 0 aliphatic carbocycles. The van der Waals surface area contributed by atoms with Gasteiger partial charge in [-0.15, -0.1) is 0 Å². The van der Waals surface area contributed by atoms with Crippen LogP contribution in [0.4, 0.5) is 13.2 Å². The van der Waals surface area contributed by atoms with Crippen LogP contribution in [0.15, 0.2) is 29.3 Å². The molecule has 1 atom stereocenters. The highest BCUT2D eigenvalue weighted by atomic mass is 19.4. The first-order valence-electron chi connectivity index (χ1n) is 9.30. The van der Waals surface area contributed by atoms with E-state index in [0.29, 0.717) is 32.0 Å². The number of carbonyl (C=O) groups is 1. The van der Waals surface area contributed by atoms with Crippen molar-refractivity contribution in [2.45, 2.75) is 37.9 Å². The lowest BCUT2D eigenvalue weighted by Crippen LogP contribution is -2.42. The maximum atomic E-state index is 12.3. The molecule has 1 heterocycles. The quantitative estimate of drug-likeness (QED) is 0.420. The minimum Gasteiger partial charge on any atom is -0.493 e. The van der Waals surface area contributed by atoms with Crippen LogP contribution < -0.4 is 15.4 Å². The van der Waals surface area contributed by atoms with Crippen LogP contribution in [0.2, 0.25) is 0 Å². The Balaban J connectivity index is 1.98. The lowest BCUT2D eigenvalue weighted by molar-refractivity contribution is -0.135. The smallest absolute Gasteiger partial charge is 0.389 e. The van der Waals surface area contributed by atoms with Crippen molar-refractivity contribution in [2.24, 2.45) is 4.99 Å². The summed E-state index contributed by atoms with van der Waals surface area (Å²) in [6.07, 6.45) is -3.83. The molecule has 2 rings (SSSR count). The summed E-state index contributed by atoms with van der Waals surface area (Å²) in [7, 11) is 3.29. The van der Waals surface area contributed by atoms with Gasteiger partial charge < -0.3 is 20.3 Å². The molecular weight excluding hydrogens is 373 g/mol. The number of aliphatic imine (C=N–C) groups is 1. The number of halogens is 3. The maximum absolute atomic E-state index is 12.3. The Morgan fingerprint density at radius 1 is 1.29 bits per heavy atom. The zero-order valence-corrected chi connectivity index (χ0v) is 16.2. The topological polar surface area (TPSA) is 66.0 Å². The van der Waals surface area contributed by atoms with Crippen LogP contribution in [-0.2, 0) is 4.79 Å². The van der Waals surface area contributed by atoms with Crippen molar-refractivity contribution >= 4 is 11.9 Å². The monoisotopic (exact) mass is 400 g/mol. The number of unbranched alkanes of at least 4 members (excludes halogenated alkanes) is 1. The SMILES string of the molecule is CN(C)C(=O)CN=C(NCCCCC(F)(F)F)NC1CCOc2ccccc21. The number of amides is 1. The number of para-hydroxylation sites is 1. The molecule has 0 bridgehead atoms. The lowest BCUT2D eigenvalue weighted by Gasteiger charge is -2.28. The minimum atomic E-state index is -4.14. The molecule has 1 aromatic rings. The van der Waals surface area contributed by atoms with E-state index in [9.17, 15) is 18.0 Å². The van der Waals surface area contributed by atoms with Gasteiger partial charge in [-0.1, -0.05) is 18.2 Å². The second-order valence-electron chi connectivity index (χ2n) is 6.82. The summed E-state index contributed by atoms with van der Waals surface area (Å²) in [5.41, 5.74) is 0.985. The first-order valence-corrected chi connectivity index (χ1v) is 9.30. The Kier molecular flexibility index (Phi) is 7.95. The average Bonchev–Trinajstić information content (AvgIpc) is 2.64. The Hall–Kier alpha value is -2.45. The lowest BCUT2D eigenvalue weighted by atomic mass is 10.0. The number of carbonyl (C=O) groups excluding carboxylic acids is 1. The van der Waals surface area contributed by atoms with Gasteiger partial charge in [0.2, 0.25) is 5.91 Å². The van der Waals surface area contributed by atoms with Crippen molar-refractivity contribution in [3.8, 4) is 5.75 Å². The van der Waals surface area contributed by atoms with E-state index in [1.165, 1.54) is 4.90 Å². The fraction of sp³-hybridized carbons (Fsp3) is 0.579. The van der Waals surface area contributed by atoms with Gasteiger partial charge in [-0.3, -0.25) is 4.79 Å². The summed E-state index contributed by atoms with van der Waals surface area (Å²) >= 11 is 0. The number of benzene rings is 1. The van der Waals surface area contributed by atoms with Crippen LogP contribution in [0.5, 0.6) is 5.75 Å². The molecule has 28 heavy (non-hydrogen) atoms. The third kappa shape index (κ3) is 7.28. The predicted molar refractivity (Wildman–Crippen MR) is 101 cm³/mol.